The van der Waals surface area contributed by atoms with Gasteiger partial charge in [-0.3, -0.25) is 9.36 Å². The maximum absolute atomic E-state index is 14.4. The largest absolute Gasteiger partial charge is 0.493 e. The molecule has 0 bridgehead atoms. The standard InChI is InChI=1S/C35H33Cl2IN2O7S/c1-7-45-34(42)30-19(4)39-35-40(31(30)20-9-11-26(47-18(2)3)27(13-20)43-5)33(41)29(48-35)14-22-12-24(38)16-28(44-6)32(22)46-17-21-8-10-23(36)15-25(21)37/h8-16,18,31H,7,17H2,1-6H3/b29-14+/t31-/m1/s1. The van der Waals surface area contributed by atoms with E-state index in [-0.39, 0.29) is 30.5 Å². The number of allylic oxidation sites excluding steroid dienone is 1. The van der Waals surface area contributed by atoms with Gasteiger partial charge < -0.3 is 23.7 Å². The van der Waals surface area contributed by atoms with Crippen LogP contribution in [0.4, 0.5) is 0 Å². The van der Waals surface area contributed by atoms with Crippen LogP contribution < -0.4 is 33.8 Å². The number of carbonyl (C=O) groups is 1. The van der Waals surface area contributed by atoms with Crippen LogP contribution in [0.15, 0.2) is 69.6 Å². The lowest BCUT2D eigenvalue weighted by molar-refractivity contribution is -0.139. The second kappa shape index (κ2) is 15.4. The number of fused-ring (bicyclic) bond motifs is 1. The average molecular weight is 824 g/mol. The summed E-state index contributed by atoms with van der Waals surface area (Å²) < 4.78 is 31.7. The molecule has 5 rings (SSSR count). The van der Waals surface area contributed by atoms with Crippen molar-refractivity contribution in [1.29, 1.82) is 0 Å². The SMILES string of the molecule is CCOC(=O)C1=C(C)N=c2s/c(=C/c3cc(I)cc(OC)c3OCc3ccc(Cl)cc3Cl)c(=O)n2[C@@H]1c1ccc(OC(C)C)c(OC)c1. The second-order valence-electron chi connectivity index (χ2n) is 10.9. The van der Waals surface area contributed by atoms with Crippen molar-refractivity contribution in [1.82, 2.24) is 4.57 Å². The molecule has 0 spiro atoms. The quantitative estimate of drug-likeness (QED) is 0.118. The van der Waals surface area contributed by atoms with Crippen molar-refractivity contribution in [2.45, 2.75) is 46.4 Å². The normalized spacial score (nSPS) is 14.5. The van der Waals surface area contributed by atoms with Gasteiger partial charge in [0.15, 0.2) is 27.8 Å². The van der Waals surface area contributed by atoms with Gasteiger partial charge in [0.1, 0.15) is 6.61 Å². The van der Waals surface area contributed by atoms with Crippen LogP contribution in [0, 0.1) is 3.57 Å². The molecular weight excluding hydrogens is 790 g/mol. The molecule has 3 aromatic carbocycles. The summed E-state index contributed by atoms with van der Waals surface area (Å²) >= 11 is 15.9. The Balaban J connectivity index is 1.67. The summed E-state index contributed by atoms with van der Waals surface area (Å²) in [6, 6.07) is 13.4. The molecule has 0 fully saturated rings. The summed E-state index contributed by atoms with van der Waals surface area (Å²) in [7, 11) is 3.10. The predicted molar refractivity (Wildman–Crippen MR) is 196 cm³/mol. The molecule has 1 aromatic heterocycles. The van der Waals surface area contributed by atoms with E-state index in [0.29, 0.717) is 59.2 Å². The molecule has 4 aromatic rings. The summed E-state index contributed by atoms with van der Waals surface area (Å²) in [4.78, 5) is 32.9. The highest BCUT2D eigenvalue weighted by Crippen LogP contribution is 2.38. The molecule has 0 radical (unpaired) electrons. The molecule has 13 heteroatoms. The van der Waals surface area contributed by atoms with Crippen molar-refractivity contribution in [3.05, 3.63) is 110 Å². The number of rotatable bonds is 11. The number of thiazole rings is 1. The maximum atomic E-state index is 14.4. The van der Waals surface area contributed by atoms with Crippen LogP contribution in [0.25, 0.3) is 6.08 Å². The Hall–Kier alpha value is -3.52. The van der Waals surface area contributed by atoms with Crippen LogP contribution >= 0.6 is 57.1 Å². The van der Waals surface area contributed by atoms with Crippen LogP contribution in [0.5, 0.6) is 23.0 Å². The third-order valence-electron chi connectivity index (χ3n) is 7.33. The van der Waals surface area contributed by atoms with E-state index in [1.54, 1.807) is 64.5 Å². The Morgan fingerprint density at radius 3 is 2.48 bits per heavy atom. The van der Waals surface area contributed by atoms with Crippen molar-refractivity contribution < 1.29 is 28.5 Å². The minimum Gasteiger partial charge on any atom is -0.493 e. The van der Waals surface area contributed by atoms with Gasteiger partial charge in [0, 0.05) is 24.7 Å². The number of carbonyl (C=O) groups excluding carboxylic acids is 1. The zero-order valence-corrected chi connectivity index (χ0v) is 31.5. The van der Waals surface area contributed by atoms with Gasteiger partial charge in [-0.05, 0) is 98.3 Å². The molecule has 0 saturated heterocycles. The summed E-state index contributed by atoms with van der Waals surface area (Å²) in [6.45, 7) is 7.61. The van der Waals surface area contributed by atoms with E-state index < -0.39 is 12.0 Å². The van der Waals surface area contributed by atoms with E-state index in [2.05, 4.69) is 22.6 Å². The Bertz CT molecular complexity index is 2090. The highest BCUT2D eigenvalue weighted by Gasteiger charge is 2.34. The van der Waals surface area contributed by atoms with Gasteiger partial charge in [-0.2, -0.15) is 0 Å². The number of benzene rings is 3. The van der Waals surface area contributed by atoms with Gasteiger partial charge in [0.25, 0.3) is 5.56 Å². The first-order valence-electron chi connectivity index (χ1n) is 14.9. The van der Waals surface area contributed by atoms with Crippen LogP contribution in [0.1, 0.15) is 50.4 Å². The molecule has 0 N–H and O–H groups in total. The van der Waals surface area contributed by atoms with Crippen LogP contribution in [-0.4, -0.2) is 37.5 Å². The van der Waals surface area contributed by atoms with Gasteiger partial charge in [-0.15, -0.1) is 0 Å². The number of esters is 1. The topological polar surface area (TPSA) is 97.6 Å². The summed E-state index contributed by atoms with van der Waals surface area (Å²) in [5.74, 6) is 1.37. The predicted octanol–water partition coefficient (Wildman–Crippen LogP) is 7.09. The van der Waals surface area contributed by atoms with Gasteiger partial charge in [0.2, 0.25) is 0 Å². The minimum atomic E-state index is -0.835. The molecule has 1 aliphatic rings. The molecule has 0 aliphatic carbocycles. The Kier molecular flexibility index (Phi) is 11.4. The molecule has 2 heterocycles. The molecule has 48 heavy (non-hydrogen) atoms. The number of halogens is 3. The summed E-state index contributed by atoms with van der Waals surface area (Å²) in [6.07, 6.45) is 1.66. The van der Waals surface area contributed by atoms with E-state index in [4.69, 9.17) is 51.9 Å². The Labute approximate surface area is 305 Å². The second-order valence-corrected chi connectivity index (χ2v) is 14.0. The van der Waals surface area contributed by atoms with E-state index in [0.717, 1.165) is 9.13 Å². The summed E-state index contributed by atoms with van der Waals surface area (Å²) in [5, 5.41) is 0.986. The first-order valence-corrected chi connectivity index (χ1v) is 17.6. The van der Waals surface area contributed by atoms with E-state index in [1.165, 1.54) is 15.9 Å². The zero-order valence-electron chi connectivity index (χ0n) is 27.1. The van der Waals surface area contributed by atoms with Crippen LogP contribution in [0.2, 0.25) is 10.0 Å². The fourth-order valence-corrected chi connectivity index (χ4v) is 7.36. The van der Waals surface area contributed by atoms with Gasteiger partial charge in [-0.1, -0.05) is 46.7 Å². The number of nitrogens with zero attached hydrogens (tertiary/aromatic N) is 2. The molecule has 0 saturated carbocycles. The van der Waals surface area contributed by atoms with Gasteiger partial charge in [-0.25, -0.2) is 9.79 Å². The first kappa shape index (κ1) is 35.8. The third kappa shape index (κ3) is 7.54. The van der Waals surface area contributed by atoms with E-state index in [9.17, 15) is 9.59 Å². The molecule has 9 nitrogen and oxygen atoms in total. The Morgan fingerprint density at radius 2 is 1.81 bits per heavy atom. The zero-order chi connectivity index (χ0) is 34.7. The van der Waals surface area contributed by atoms with Gasteiger partial charge >= 0.3 is 5.97 Å². The summed E-state index contributed by atoms with van der Waals surface area (Å²) in [5.41, 5.74) is 2.34. The molecular formula is C35H33Cl2IN2O7S. The highest BCUT2D eigenvalue weighted by molar-refractivity contribution is 14.1. The minimum absolute atomic E-state index is 0.0867. The number of aromatic nitrogens is 1. The average Bonchev–Trinajstić information content (AvgIpc) is 3.34. The van der Waals surface area contributed by atoms with Crippen molar-refractivity contribution in [3.8, 4) is 23.0 Å². The molecule has 0 unspecified atom stereocenters. The molecule has 252 valence electrons. The number of hydrogen-bond donors (Lipinski definition) is 0. The lowest BCUT2D eigenvalue weighted by Gasteiger charge is -2.25. The van der Waals surface area contributed by atoms with E-state index in [1.807, 2.05) is 32.0 Å². The van der Waals surface area contributed by atoms with Crippen molar-refractivity contribution >= 4 is 69.2 Å². The van der Waals surface area contributed by atoms with Crippen molar-refractivity contribution in [2.75, 3.05) is 20.8 Å². The number of hydrogen-bond acceptors (Lipinski definition) is 9. The first-order chi connectivity index (χ1) is 22.9. The van der Waals surface area contributed by atoms with Crippen molar-refractivity contribution in [3.63, 3.8) is 0 Å². The monoisotopic (exact) mass is 822 g/mol. The highest BCUT2D eigenvalue weighted by atomic mass is 127. The molecule has 1 atom stereocenters. The van der Waals surface area contributed by atoms with Crippen LogP contribution in [-0.2, 0) is 16.1 Å². The third-order valence-corrected chi connectivity index (χ3v) is 9.52. The molecule has 1 aliphatic heterocycles. The van der Waals surface area contributed by atoms with E-state index >= 15 is 0 Å². The number of methoxy groups -OCH3 is 2. The fraction of sp³-hybridized carbons (Fsp3) is 0.286. The molecule has 0 amide bonds. The lowest BCUT2D eigenvalue weighted by Crippen LogP contribution is -2.40. The number of ether oxygens (including phenoxy) is 5. The lowest BCUT2D eigenvalue weighted by atomic mass is 9.95. The maximum Gasteiger partial charge on any atom is 0.338 e. The van der Waals surface area contributed by atoms with Crippen molar-refractivity contribution in [2.24, 2.45) is 4.99 Å². The smallest absolute Gasteiger partial charge is 0.338 e. The van der Waals surface area contributed by atoms with Crippen LogP contribution in [0.3, 0.4) is 0 Å². The fourth-order valence-electron chi connectivity index (χ4n) is 5.24. The van der Waals surface area contributed by atoms with Gasteiger partial charge in [0.05, 0.1) is 48.8 Å². The Morgan fingerprint density at radius 1 is 1.06 bits per heavy atom.